The minimum Gasteiger partial charge on any atom is -0.358 e. The molecule has 0 atom stereocenters. The highest BCUT2D eigenvalue weighted by atomic mass is 79.9. The zero-order valence-corrected chi connectivity index (χ0v) is 8.76. The summed E-state index contributed by atoms with van der Waals surface area (Å²) in [6.45, 7) is 0. The van der Waals surface area contributed by atoms with Gasteiger partial charge in [0.2, 0.25) is 0 Å². The molecule has 1 saturated carbocycles. The molecule has 0 saturated heterocycles. The van der Waals surface area contributed by atoms with Crippen LogP contribution in [0.15, 0.2) is 28.7 Å². The monoisotopic (exact) mass is 235 g/mol. The van der Waals surface area contributed by atoms with Gasteiger partial charge in [0, 0.05) is 21.1 Å². The van der Waals surface area contributed by atoms with Crippen LogP contribution in [-0.2, 0) is 0 Å². The van der Waals surface area contributed by atoms with Gasteiger partial charge in [-0.05, 0) is 37.0 Å². The Hall–Kier alpha value is -0.760. The van der Waals surface area contributed by atoms with Gasteiger partial charge in [-0.1, -0.05) is 22.0 Å². The van der Waals surface area contributed by atoms with Crippen LogP contribution in [0.4, 0.5) is 0 Å². The van der Waals surface area contributed by atoms with E-state index in [1.807, 2.05) is 0 Å². The first-order valence-electron chi connectivity index (χ1n) is 4.62. The van der Waals surface area contributed by atoms with Crippen LogP contribution in [0.2, 0.25) is 0 Å². The van der Waals surface area contributed by atoms with Crippen LogP contribution >= 0.6 is 15.9 Å². The first-order chi connectivity index (χ1) is 6.34. The van der Waals surface area contributed by atoms with Gasteiger partial charge in [-0.2, -0.15) is 0 Å². The molecule has 3 rings (SSSR count). The largest absolute Gasteiger partial charge is 0.358 e. The van der Waals surface area contributed by atoms with Crippen molar-refractivity contribution in [1.29, 1.82) is 0 Å². The molecule has 1 aliphatic rings. The van der Waals surface area contributed by atoms with E-state index in [0.29, 0.717) is 0 Å². The average molecular weight is 236 g/mol. The van der Waals surface area contributed by atoms with E-state index in [2.05, 4.69) is 45.2 Å². The Morgan fingerprint density at radius 1 is 1.31 bits per heavy atom. The molecular weight excluding hydrogens is 226 g/mol. The van der Waals surface area contributed by atoms with E-state index >= 15 is 0 Å². The molecule has 0 aliphatic heterocycles. The number of halogens is 1. The quantitative estimate of drug-likeness (QED) is 0.774. The lowest BCUT2D eigenvalue weighted by Crippen LogP contribution is -1.74. The van der Waals surface area contributed by atoms with Crippen molar-refractivity contribution in [3.63, 3.8) is 0 Å². The SMILES string of the molecule is Brc1cccc2[nH]c(C3CC3)cc12. The van der Waals surface area contributed by atoms with Gasteiger partial charge in [0.15, 0.2) is 0 Å². The summed E-state index contributed by atoms with van der Waals surface area (Å²) in [6.07, 6.45) is 2.70. The molecule has 1 nitrogen and oxygen atoms in total. The molecule has 0 bridgehead atoms. The Morgan fingerprint density at radius 3 is 2.85 bits per heavy atom. The Bertz CT molecular complexity index is 454. The molecule has 66 valence electrons. The number of hydrogen-bond acceptors (Lipinski definition) is 0. The Kier molecular flexibility index (Phi) is 1.53. The molecule has 2 heteroatoms. The van der Waals surface area contributed by atoms with E-state index < -0.39 is 0 Å². The third-order valence-electron chi connectivity index (χ3n) is 2.65. The van der Waals surface area contributed by atoms with Gasteiger partial charge in [-0.3, -0.25) is 0 Å². The van der Waals surface area contributed by atoms with Crippen molar-refractivity contribution in [1.82, 2.24) is 4.98 Å². The molecule has 0 unspecified atom stereocenters. The topological polar surface area (TPSA) is 15.8 Å². The van der Waals surface area contributed by atoms with Gasteiger partial charge in [-0.15, -0.1) is 0 Å². The second-order valence-electron chi connectivity index (χ2n) is 3.70. The number of hydrogen-bond donors (Lipinski definition) is 1. The number of aromatic nitrogens is 1. The van der Waals surface area contributed by atoms with Crippen LogP contribution in [0.1, 0.15) is 24.5 Å². The zero-order chi connectivity index (χ0) is 8.84. The first kappa shape index (κ1) is 7.63. The van der Waals surface area contributed by atoms with Crippen LogP contribution in [-0.4, -0.2) is 4.98 Å². The fraction of sp³-hybridized carbons (Fsp3) is 0.273. The predicted octanol–water partition coefficient (Wildman–Crippen LogP) is 3.81. The molecule has 0 amide bonds. The summed E-state index contributed by atoms with van der Waals surface area (Å²) in [6, 6.07) is 8.56. The fourth-order valence-corrected chi connectivity index (χ4v) is 2.23. The Morgan fingerprint density at radius 2 is 2.15 bits per heavy atom. The number of fused-ring (bicyclic) bond motifs is 1. The normalized spacial score (nSPS) is 16.7. The van der Waals surface area contributed by atoms with E-state index in [0.717, 1.165) is 5.92 Å². The molecule has 1 heterocycles. The van der Waals surface area contributed by atoms with Gasteiger partial charge in [-0.25, -0.2) is 0 Å². The lowest BCUT2D eigenvalue weighted by molar-refractivity contribution is 1.06. The maximum Gasteiger partial charge on any atom is 0.0467 e. The summed E-state index contributed by atoms with van der Waals surface area (Å²) in [5.41, 5.74) is 2.65. The van der Waals surface area contributed by atoms with Crippen molar-refractivity contribution in [3.05, 3.63) is 34.4 Å². The van der Waals surface area contributed by atoms with Crippen LogP contribution in [0.25, 0.3) is 10.9 Å². The first-order valence-corrected chi connectivity index (χ1v) is 5.41. The molecule has 2 aromatic rings. The van der Waals surface area contributed by atoms with Crippen LogP contribution < -0.4 is 0 Å². The number of nitrogens with one attached hydrogen (secondary N) is 1. The van der Waals surface area contributed by atoms with E-state index in [1.165, 1.54) is 33.9 Å². The van der Waals surface area contributed by atoms with Gasteiger partial charge in [0.1, 0.15) is 0 Å². The summed E-state index contributed by atoms with van der Waals surface area (Å²) in [7, 11) is 0. The molecular formula is C11H10BrN. The van der Waals surface area contributed by atoms with Gasteiger partial charge < -0.3 is 4.98 Å². The van der Waals surface area contributed by atoms with Gasteiger partial charge in [0.25, 0.3) is 0 Å². The van der Waals surface area contributed by atoms with Crippen LogP contribution in [0.3, 0.4) is 0 Å². The van der Waals surface area contributed by atoms with Crippen molar-refractivity contribution in [2.24, 2.45) is 0 Å². The molecule has 1 aliphatic carbocycles. The summed E-state index contributed by atoms with van der Waals surface area (Å²) < 4.78 is 1.19. The van der Waals surface area contributed by atoms with Crippen LogP contribution in [0.5, 0.6) is 0 Å². The zero-order valence-electron chi connectivity index (χ0n) is 7.18. The standard InChI is InChI=1S/C11H10BrN/c12-9-2-1-3-10-8(9)6-11(13-10)7-4-5-7/h1-3,6-7,13H,4-5H2. The highest BCUT2D eigenvalue weighted by Gasteiger charge is 2.25. The maximum absolute atomic E-state index is 3.56. The number of aromatic amines is 1. The minimum absolute atomic E-state index is 0.805. The van der Waals surface area contributed by atoms with E-state index in [1.54, 1.807) is 0 Å². The molecule has 1 N–H and O–H groups in total. The van der Waals surface area contributed by atoms with Gasteiger partial charge >= 0.3 is 0 Å². The third-order valence-corrected chi connectivity index (χ3v) is 3.34. The highest BCUT2D eigenvalue weighted by molar-refractivity contribution is 9.10. The Balaban J connectivity index is 2.26. The molecule has 13 heavy (non-hydrogen) atoms. The summed E-state index contributed by atoms with van der Waals surface area (Å²) in [4.78, 5) is 3.47. The highest BCUT2D eigenvalue weighted by Crippen LogP contribution is 2.41. The number of H-pyrrole nitrogens is 1. The molecule has 1 fully saturated rings. The van der Waals surface area contributed by atoms with Crippen molar-refractivity contribution < 1.29 is 0 Å². The summed E-state index contributed by atoms with van der Waals surface area (Å²) >= 11 is 3.56. The van der Waals surface area contributed by atoms with Crippen molar-refractivity contribution in [2.75, 3.05) is 0 Å². The maximum atomic E-state index is 3.56. The molecule has 0 radical (unpaired) electrons. The second kappa shape index (κ2) is 2.61. The summed E-state index contributed by atoms with van der Waals surface area (Å²) in [5, 5.41) is 1.31. The van der Waals surface area contributed by atoms with Gasteiger partial charge in [0.05, 0.1) is 0 Å². The van der Waals surface area contributed by atoms with Crippen molar-refractivity contribution in [3.8, 4) is 0 Å². The molecule has 1 aromatic carbocycles. The summed E-state index contributed by atoms with van der Waals surface area (Å²) in [5.74, 6) is 0.805. The smallest absolute Gasteiger partial charge is 0.0467 e. The minimum atomic E-state index is 0.805. The second-order valence-corrected chi connectivity index (χ2v) is 4.55. The molecule has 1 aromatic heterocycles. The van der Waals surface area contributed by atoms with Crippen LogP contribution in [0, 0.1) is 0 Å². The van der Waals surface area contributed by atoms with Crippen molar-refractivity contribution >= 4 is 26.8 Å². The fourth-order valence-electron chi connectivity index (χ4n) is 1.75. The van der Waals surface area contributed by atoms with E-state index in [9.17, 15) is 0 Å². The average Bonchev–Trinajstić information content (AvgIpc) is 2.87. The molecule has 0 spiro atoms. The predicted molar refractivity (Wildman–Crippen MR) is 58.0 cm³/mol. The Labute approximate surface area is 85.3 Å². The van der Waals surface area contributed by atoms with Crippen molar-refractivity contribution in [2.45, 2.75) is 18.8 Å². The number of benzene rings is 1. The van der Waals surface area contributed by atoms with E-state index in [-0.39, 0.29) is 0 Å². The lowest BCUT2D eigenvalue weighted by atomic mass is 10.2. The van der Waals surface area contributed by atoms with E-state index in [4.69, 9.17) is 0 Å². The third kappa shape index (κ3) is 1.20. The number of rotatable bonds is 1. The lowest BCUT2D eigenvalue weighted by Gasteiger charge is -1.90.